The fourth-order valence-corrected chi connectivity index (χ4v) is 4.65. The third kappa shape index (κ3) is 33.2. The van der Waals surface area contributed by atoms with E-state index in [9.17, 15) is 24.3 Å². The van der Waals surface area contributed by atoms with Gasteiger partial charge in [-0.25, -0.2) is 4.79 Å². The molecule has 0 aromatic rings. The summed E-state index contributed by atoms with van der Waals surface area (Å²) in [4.78, 5) is 47.5. The molecule has 3 amide bonds. The second kappa shape index (κ2) is 34.8. The van der Waals surface area contributed by atoms with E-state index in [1.807, 2.05) is 6.92 Å². The van der Waals surface area contributed by atoms with Crippen LogP contribution in [0.25, 0.3) is 0 Å². The molecule has 0 aliphatic heterocycles. The Balaban J connectivity index is 3.75. The van der Waals surface area contributed by atoms with E-state index < -0.39 is 11.9 Å². The van der Waals surface area contributed by atoms with Crippen LogP contribution in [0.4, 0.5) is 0 Å². The van der Waals surface area contributed by atoms with E-state index in [1.165, 1.54) is 83.1 Å². The molecule has 0 radical (unpaired) electrons. The number of nitrogens with one attached hydrogen (secondary N) is 3. The van der Waals surface area contributed by atoms with Gasteiger partial charge in [0, 0.05) is 32.5 Å². The summed E-state index contributed by atoms with van der Waals surface area (Å²) in [6, 6.07) is 0. The Hall–Kier alpha value is -2.54. The van der Waals surface area contributed by atoms with Crippen molar-refractivity contribution in [3.8, 4) is 0 Å². The second-order valence-electron chi connectivity index (χ2n) is 11.5. The molecular weight excluding hydrogens is 606 g/mol. The molecule has 0 unspecified atom stereocenters. The van der Waals surface area contributed by atoms with Gasteiger partial charge in [-0.3, -0.25) is 14.4 Å². The molecule has 12 heteroatoms. The van der Waals surface area contributed by atoms with Crippen LogP contribution >= 0.6 is 0 Å². The van der Waals surface area contributed by atoms with Gasteiger partial charge in [0.1, 0.15) is 12.3 Å². The minimum atomic E-state index is -1.29. The molecule has 12 nitrogen and oxygen atoms in total. The summed E-state index contributed by atoms with van der Waals surface area (Å²) in [6.07, 6.45) is 19.8. The molecule has 0 saturated carbocycles. The highest BCUT2D eigenvalue weighted by atomic mass is 16.5. The Morgan fingerprint density at radius 2 is 1.02 bits per heavy atom. The molecule has 0 aromatic heterocycles. The quantitative estimate of drug-likeness (QED) is 0.0534. The van der Waals surface area contributed by atoms with Crippen LogP contribution in [-0.4, -0.2) is 94.7 Å². The molecule has 0 spiro atoms. The largest absolute Gasteiger partial charge is 0.477 e. The molecule has 0 aromatic carbocycles. The Morgan fingerprint density at radius 3 is 1.53 bits per heavy atom. The maximum atomic E-state index is 12.2. The third-order valence-corrected chi connectivity index (χ3v) is 7.32. The summed E-state index contributed by atoms with van der Waals surface area (Å²) >= 11 is 0. The minimum Gasteiger partial charge on any atom is -0.477 e. The molecular formula is C35H65N3O9. The van der Waals surface area contributed by atoms with Crippen LogP contribution in [0.5, 0.6) is 0 Å². The van der Waals surface area contributed by atoms with E-state index in [4.69, 9.17) is 18.9 Å². The van der Waals surface area contributed by atoms with Crippen molar-refractivity contribution in [2.75, 3.05) is 65.9 Å². The Kier molecular flexibility index (Phi) is 32.9. The maximum absolute atomic E-state index is 12.2. The average Bonchev–Trinajstić information content (AvgIpc) is 3.05. The molecule has 0 saturated heterocycles. The first-order valence-electron chi connectivity index (χ1n) is 18.0. The number of carbonyl (C=O) groups is 4. The van der Waals surface area contributed by atoms with E-state index in [-0.39, 0.29) is 63.3 Å². The van der Waals surface area contributed by atoms with Gasteiger partial charge in [-0.15, -0.1) is 0 Å². The van der Waals surface area contributed by atoms with Crippen LogP contribution in [0.1, 0.15) is 123 Å². The van der Waals surface area contributed by atoms with Crippen molar-refractivity contribution < 1.29 is 43.2 Å². The normalized spacial score (nSPS) is 11.4. The molecule has 4 N–H and O–H groups in total. The predicted molar refractivity (Wildman–Crippen MR) is 183 cm³/mol. The summed E-state index contributed by atoms with van der Waals surface area (Å²) in [6.45, 7) is 7.43. The Bertz CT molecular complexity index is 824. The number of hydrogen-bond donors (Lipinski definition) is 4. The van der Waals surface area contributed by atoms with E-state index in [2.05, 4.69) is 22.9 Å². The number of unbranched alkanes of at least 4 members (excludes halogenated alkanes) is 14. The van der Waals surface area contributed by atoms with E-state index in [1.54, 1.807) is 0 Å². The number of carboxylic acids is 1. The molecule has 274 valence electrons. The summed E-state index contributed by atoms with van der Waals surface area (Å²) < 4.78 is 21.1. The lowest BCUT2D eigenvalue weighted by Crippen LogP contribution is -2.31. The monoisotopic (exact) mass is 671 g/mol. The first kappa shape index (κ1) is 44.5. The van der Waals surface area contributed by atoms with Gasteiger partial charge >= 0.3 is 5.97 Å². The fourth-order valence-electron chi connectivity index (χ4n) is 4.65. The van der Waals surface area contributed by atoms with Crippen molar-refractivity contribution in [1.29, 1.82) is 0 Å². The molecule has 0 bridgehead atoms. The lowest BCUT2D eigenvalue weighted by molar-refractivity contribution is -0.134. The van der Waals surface area contributed by atoms with Crippen molar-refractivity contribution in [3.05, 3.63) is 11.8 Å². The molecule has 0 atom stereocenters. The molecule has 0 rings (SSSR count). The summed E-state index contributed by atoms with van der Waals surface area (Å²) in [5.74, 6) is -2.28. The number of aliphatic carboxylic acids is 1. The van der Waals surface area contributed by atoms with E-state index in [0.717, 1.165) is 12.8 Å². The van der Waals surface area contributed by atoms with Gasteiger partial charge in [0.25, 0.3) is 0 Å². The zero-order chi connectivity index (χ0) is 34.6. The number of hydrogen-bond acceptors (Lipinski definition) is 8. The third-order valence-electron chi connectivity index (χ3n) is 7.32. The number of carboxylic acid groups (broad SMARTS) is 1. The standard InChI is InChI=1S/C35H65N3O9/c1-3-5-6-7-8-9-10-11-12-13-14-15-16-17-18-19-33(40)38-31(35(42)43)20-21-32(39)36-22-24-46-28-29-47-30-34(41)37-23-25-45-27-26-44-4-2/h20H,3-19,21-30H2,1-2H3,(H,36,39)(H,37,41)(H,38,40)(H,42,43)/b31-20-. The summed E-state index contributed by atoms with van der Waals surface area (Å²) in [5.41, 5.74) is -0.294. The highest BCUT2D eigenvalue weighted by Gasteiger charge is 2.12. The van der Waals surface area contributed by atoms with Gasteiger partial charge in [0.2, 0.25) is 17.7 Å². The van der Waals surface area contributed by atoms with Gasteiger partial charge in [0.05, 0.1) is 39.6 Å². The van der Waals surface area contributed by atoms with Gasteiger partial charge in [-0.05, 0) is 19.4 Å². The second-order valence-corrected chi connectivity index (χ2v) is 11.5. The SMILES string of the molecule is CCCCCCCCCCCCCCCCCC(=O)N/C(=C\CC(=O)NCCOCCOCC(=O)NCCOCCOCC)C(=O)O. The predicted octanol–water partition coefficient (Wildman–Crippen LogP) is 5.04. The molecule has 0 heterocycles. The zero-order valence-corrected chi connectivity index (χ0v) is 29.4. The van der Waals surface area contributed by atoms with E-state index >= 15 is 0 Å². The van der Waals surface area contributed by atoms with Gasteiger partial charge in [-0.1, -0.05) is 96.8 Å². The number of carbonyl (C=O) groups excluding carboxylic acids is 3. The first-order valence-corrected chi connectivity index (χ1v) is 18.0. The number of amides is 3. The van der Waals surface area contributed by atoms with E-state index in [0.29, 0.717) is 39.4 Å². The first-order chi connectivity index (χ1) is 22.9. The highest BCUT2D eigenvalue weighted by molar-refractivity contribution is 5.93. The smallest absolute Gasteiger partial charge is 0.352 e. The van der Waals surface area contributed by atoms with Crippen molar-refractivity contribution in [3.63, 3.8) is 0 Å². The van der Waals surface area contributed by atoms with Crippen LogP contribution in [0.15, 0.2) is 11.8 Å². The maximum Gasteiger partial charge on any atom is 0.352 e. The van der Waals surface area contributed by atoms with Gasteiger partial charge in [-0.2, -0.15) is 0 Å². The topological polar surface area (TPSA) is 162 Å². The average molecular weight is 672 g/mol. The number of rotatable bonds is 35. The Morgan fingerprint density at radius 1 is 0.553 bits per heavy atom. The fraction of sp³-hybridized carbons (Fsp3) is 0.829. The van der Waals surface area contributed by atoms with Crippen LogP contribution in [0.2, 0.25) is 0 Å². The lowest BCUT2D eigenvalue weighted by atomic mass is 10.0. The minimum absolute atomic E-state index is 0.0900. The highest BCUT2D eigenvalue weighted by Crippen LogP contribution is 2.13. The molecule has 47 heavy (non-hydrogen) atoms. The molecule has 0 aliphatic carbocycles. The lowest BCUT2D eigenvalue weighted by Gasteiger charge is -2.08. The van der Waals surface area contributed by atoms with Gasteiger partial charge < -0.3 is 40.0 Å². The molecule has 0 fully saturated rings. The van der Waals surface area contributed by atoms with Crippen LogP contribution < -0.4 is 16.0 Å². The van der Waals surface area contributed by atoms with Crippen molar-refractivity contribution >= 4 is 23.7 Å². The summed E-state index contributed by atoms with van der Waals surface area (Å²) in [5, 5.41) is 17.1. The van der Waals surface area contributed by atoms with Crippen molar-refractivity contribution in [2.24, 2.45) is 0 Å². The zero-order valence-electron chi connectivity index (χ0n) is 29.4. The van der Waals surface area contributed by atoms with Crippen LogP contribution in [-0.2, 0) is 38.1 Å². The van der Waals surface area contributed by atoms with Gasteiger partial charge in [0.15, 0.2) is 0 Å². The van der Waals surface area contributed by atoms with Crippen molar-refractivity contribution in [2.45, 2.75) is 123 Å². The molecule has 0 aliphatic rings. The number of ether oxygens (including phenoxy) is 4. The summed E-state index contributed by atoms with van der Waals surface area (Å²) in [7, 11) is 0. The van der Waals surface area contributed by atoms with Crippen molar-refractivity contribution in [1.82, 2.24) is 16.0 Å². The Labute approximate surface area is 283 Å². The van der Waals surface area contributed by atoms with Crippen LogP contribution in [0.3, 0.4) is 0 Å². The van der Waals surface area contributed by atoms with Crippen LogP contribution in [0, 0.1) is 0 Å².